The number of hydrogen-bond donors (Lipinski definition) is 4. The third kappa shape index (κ3) is 12.1. The minimum atomic E-state index is -1.51. The van der Waals surface area contributed by atoms with E-state index >= 15 is 0 Å². The van der Waals surface area contributed by atoms with Gasteiger partial charge >= 0.3 is 5.97 Å². The van der Waals surface area contributed by atoms with Crippen LogP contribution in [-0.4, -0.2) is 47.3 Å². The minimum absolute atomic E-state index is 0.447. The highest BCUT2D eigenvalue weighted by molar-refractivity contribution is 7.98. The minimum Gasteiger partial charge on any atom is -0.545 e. The van der Waals surface area contributed by atoms with Crippen molar-refractivity contribution in [2.24, 2.45) is 4.99 Å². The number of guanidine groups is 1. The van der Waals surface area contributed by atoms with Gasteiger partial charge in [0.25, 0.3) is 0 Å². The number of carbonyl (C=O) groups is 2. The third-order valence-electron chi connectivity index (χ3n) is 2.53. The number of aromatic amines is 2. The van der Waals surface area contributed by atoms with Crippen LogP contribution in [0.2, 0.25) is 0 Å². The SMILES string of the molecule is CN=C(NC#N)NCCSCc1[nH+]c[nH]c1C.O=C([O-])/C=C/C(=O)O. The molecule has 0 spiro atoms. The number of hydrogen-bond acceptors (Lipinski definition) is 6. The van der Waals surface area contributed by atoms with Gasteiger partial charge in [0.2, 0.25) is 12.3 Å². The Hall–Kier alpha value is -3.00. The second-order valence-corrected chi connectivity index (χ2v) is 5.42. The van der Waals surface area contributed by atoms with Crippen molar-refractivity contribution in [1.29, 1.82) is 5.26 Å². The van der Waals surface area contributed by atoms with E-state index in [1.54, 1.807) is 7.05 Å². The second kappa shape index (κ2) is 13.4. The summed E-state index contributed by atoms with van der Waals surface area (Å²) in [6.07, 6.45) is 4.61. The lowest BCUT2D eigenvalue weighted by Gasteiger charge is -2.05. The van der Waals surface area contributed by atoms with Crippen molar-refractivity contribution < 1.29 is 24.8 Å². The first-order chi connectivity index (χ1) is 11.9. The Morgan fingerprint density at radius 2 is 2.28 bits per heavy atom. The number of rotatable bonds is 7. The average Bonchev–Trinajstić information content (AvgIpc) is 2.97. The highest BCUT2D eigenvalue weighted by Crippen LogP contribution is 2.09. The maximum absolute atomic E-state index is 9.53. The molecule has 10 nitrogen and oxygen atoms in total. The Kier molecular flexibility index (Phi) is 11.8. The van der Waals surface area contributed by atoms with E-state index in [0.717, 1.165) is 18.1 Å². The summed E-state index contributed by atoms with van der Waals surface area (Å²) in [5, 5.41) is 31.2. The summed E-state index contributed by atoms with van der Waals surface area (Å²) >= 11 is 1.82. The number of nitrogens with zero attached hydrogens (tertiary/aromatic N) is 2. The molecule has 11 heteroatoms. The molecule has 1 rings (SSSR count). The number of H-pyrrole nitrogens is 2. The Morgan fingerprint density at radius 3 is 2.72 bits per heavy atom. The van der Waals surface area contributed by atoms with Crippen LogP contribution >= 0.6 is 11.8 Å². The van der Waals surface area contributed by atoms with Gasteiger partial charge in [0, 0.05) is 32.3 Å². The van der Waals surface area contributed by atoms with Gasteiger partial charge < -0.3 is 20.3 Å². The summed E-state index contributed by atoms with van der Waals surface area (Å²) in [4.78, 5) is 29.1. The van der Waals surface area contributed by atoms with Crippen LogP contribution in [0.15, 0.2) is 23.5 Å². The standard InChI is InChI=1S/C10H16N6S.C4H4O4/c1-8-9(16-7-15-8)5-17-4-3-13-10(12-2)14-6-11;5-3(6)1-2-4(7)8/h7H,3-5H2,1-2H3,(H,15,16)(H2,12,13,14);1-2H,(H,5,6)(H,7,8)/b;2-1+. The summed E-state index contributed by atoms with van der Waals surface area (Å²) in [6.45, 7) is 2.82. The zero-order valence-corrected chi connectivity index (χ0v) is 14.6. The molecule has 136 valence electrons. The molecule has 25 heavy (non-hydrogen) atoms. The van der Waals surface area contributed by atoms with Crippen molar-refractivity contribution in [3.63, 3.8) is 0 Å². The first-order valence-electron chi connectivity index (χ1n) is 7.00. The van der Waals surface area contributed by atoms with Crippen molar-refractivity contribution in [3.05, 3.63) is 29.9 Å². The molecule has 5 N–H and O–H groups in total. The van der Waals surface area contributed by atoms with Gasteiger partial charge in [-0.15, -0.1) is 0 Å². The van der Waals surface area contributed by atoms with Crippen molar-refractivity contribution in [1.82, 2.24) is 15.6 Å². The first-order valence-corrected chi connectivity index (χ1v) is 8.16. The van der Waals surface area contributed by atoms with Crippen LogP contribution < -0.4 is 20.7 Å². The van der Waals surface area contributed by atoms with E-state index in [9.17, 15) is 14.7 Å². The number of aromatic nitrogens is 2. The van der Waals surface area contributed by atoms with E-state index in [4.69, 9.17) is 10.4 Å². The van der Waals surface area contributed by atoms with Gasteiger partial charge in [-0.3, -0.25) is 10.3 Å². The van der Waals surface area contributed by atoms with Gasteiger partial charge in [0.15, 0.2) is 11.9 Å². The molecule has 0 atom stereocenters. The number of carboxylic acids is 2. The maximum Gasteiger partial charge on any atom is 0.328 e. The molecule has 0 aliphatic carbocycles. The molecule has 0 aromatic carbocycles. The quantitative estimate of drug-likeness (QED) is 0.111. The van der Waals surface area contributed by atoms with Crippen LogP contribution in [0.5, 0.6) is 0 Å². The number of nitrogens with one attached hydrogen (secondary N) is 4. The molecule has 0 aliphatic heterocycles. The van der Waals surface area contributed by atoms with Gasteiger partial charge in [-0.25, -0.2) is 14.8 Å². The molecule has 0 amide bonds. The number of imidazole rings is 1. The average molecular weight is 368 g/mol. The van der Waals surface area contributed by atoms with Crippen LogP contribution in [0.4, 0.5) is 0 Å². The van der Waals surface area contributed by atoms with Gasteiger partial charge in [-0.1, -0.05) is 0 Å². The third-order valence-corrected chi connectivity index (χ3v) is 3.52. The van der Waals surface area contributed by atoms with E-state index in [0.29, 0.717) is 18.1 Å². The normalized spacial score (nSPS) is 10.5. The zero-order valence-electron chi connectivity index (χ0n) is 13.8. The van der Waals surface area contributed by atoms with Crippen LogP contribution in [0.1, 0.15) is 11.4 Å². The van der Waals surface area contributed by atoms with Crippen molar-refractivity contribution in [2.45, 2.75) is 12.7 Å². The molecule has 0 unspecified atom stereocenters. The summed E-state index contributed by atoms with van der Waals surface area (Å²) in [7, 11) is 1.64. The lowest BCUT2D eigenvalue weighted by Crippen LogP contribution is -2.35. The van der Waals surface area contributed by atoms with E-state index in [2.05, 4.69) is 25.6 Å². The van der Waals surface area contributed by atoms with Crippen LogP contribution in [0, 0.1) is 18.4 Å². The van der Waals surface area contributed by atoms with Crippen LogP contribution in [0.3, 0.4) is 0 Å². The molecular formula is C14H20N6O4S. The number of carboxylic acid groups (broad SMARTS) is 2. The fourth-order valence-corrected chi connectivity index (χ4v) is 2.26. The lowest BCUT2D eigenvalue weighted by molar-refractivity contribution is -0.386. The largest absolute Gasteiger partial charge is 0.545 e. The molecule has 0 saturated heterocycles. The number of aliphatic carboxylic acids is 2. The van der Waals surface area contributed by atoms with E-state index in [-0.39, 0.29) is 0 Å². The zero-order chi connectivity index (χ0) is 19.1. The number of aryl methyl sites for hydroxylation is 1. The predicted molar refractivity (Wildman–Crippen MR) is 90.1 cm³/mol. The van der Waals surface area contributed by atoms with Crippen molar-refractivity contribution in [3.8, 4) is 6.19 Å². The molecule has 1 heterocycles. The number of aliphatic imine (C=N–C) groups is 1. The lowest BCUT2D eigenvalue weighted by atomic mass is 10.4. The molecule has 0 fully saturated rings. The van der Waals surface area contributed by atoms with Crippen LogP contribution in [-0.2, 0) is 15.3 Å². The molecular weight excluding hydrogens is 348 g/mol. The highest BCUT2D eigenvalue weighted by Gasteiger charge is 2.05. The molecule has 0 radical (unpaired) electrons. The van der Waals surface area contributed by atoms with Crippen molar-refractivity contribution >= 4 is 29.7 Å². The summed E-state index contributed by atoms with van der Waals surface area (Å²) < 4.78 is 0. The Labute approximate surface area is 149 Å². The van der Waals surface area contributed by atoms with Crippen molar-refractivity contribution in [2.75, 3.05) is 19.3 Å². The van der Waals surface area contributed by atoms with Gasteiger partial charge in [0.1, 0.15) is 5.69 Å². The number of thioether (sulfide) groups is 1. The number of nitriles is 1. The van der Waals surface area contributed by atoms with E-state index in [1.807, 2.05) is 31.2 Å². The smallest absolute Gasteiger partial charge is 0.328 e. The first kappa shape index (κ1) is 22.0. The molecule has 0 saturated carbocycles. The van der Waals surface area contributed by atoms with E-state index < -0.39 is 11.9 Å². The summed E-state index contributed by atoms with van der Waals surface area (Å²) in [5.41, 5.74) is 2.39. The van der Waals surface area contributed by atoms with Gasteiger partial charge in [-0.2, -0.15) is 17.0 Å². The second-order valence-electron chi connectivity index (χ2n) is 4.32. The molecule has 0 bridgehead atoms. The summed E-state index contributed by atoms with van der Waals surface area (Å²) in [5.74, 6) is -0.398. The summed E-state index contributed by atoms with van der Waals surface area (Å²) in [6, 6.07) is 0. The van der Waals surface area contributed by atoms with Gasteiger partial charge in [-0.05, 0) is 6.08 Å². The van der Waals surface area contributed by atoms with Crippen LogP contribution in [0.25, 0.3) is 0 Å². The Morgan fingerprint density at radius 1 is 1.56 bits per heavy atom. The highest BCUT2D eigenvalue weighted by atomic mass is 32.2. The fraction of sp³-hybridized carbons (Fsp3) is 0.357. The fourth-order valence-electron chi connectivity index (χ4n) is 1.36. The van der Waals surface area contributed by atoms with Gasteiger partial charge in [0.05, 0.1) is 11.7 Å². The molecule has 1 aromatic heterocycles. The molecule has 1 aromatic rings. The number of carbonyl (C=O) groups excluding carboxylic acids is 1. The Balaban J connectivity index is 0.000000609. The monoisotopic (exact) mass is 368 g/mol. The predicted octanol–water partition coefficient (Wildman–Crippen LogP) is -1.61. The maximum atomic E-state index is 9.53. The Bertz CT molecular complexity index is 634. The molecule has 0 aliphatic rings. The topological polar surface area (TPSA) is 168 Å². The van der Waals surface area contributed by atoms with E-state index in [1.165, 1.54) is 11.4 Å².